The second kappa shape index (κ2) is 9.89. The summed E-state index contributed by atoms with van der Waals surface area (Å²) in [7, 11) is 0. The summed E-state index contributed by atoms with van der Waals surface area (Å²) >= 11 is 5.92. The number of aromatic amines is 1. The van der Waals surface area contributed by atoms with Gasteiger partial charge in [0, 0.05) is 10.6 Å². The van der Waals surface area contributed by atoms with Gasteiger partial charge in [0.05, 0.1) is 11.9 Å². The number of benzene rings is 3. The van der Waals surface area contributed by atoms with Crippen LogP contribution >= 0.6 is 11.6 Å². The normalized spacial score (nSPS) is 10.9. The number of H-pyrrole nitrogens is 1. The van der Waals surface area contributed by atoms with Crippen LogP contribution in [0.5, 0.6) is 5.75 Å². The first-order chi connectivity index (χ1) is 15.6. The van der Waals surface area contributed by atoms with E-state index in [2.05, 4.69) is 20.7 Å². The fourth-order valence-corrected chi connectivity index (χ4v) is 3.02. The Bertz CT molecular complexity index is 1240. The molecule has 0 bridgehead atoms. The Morgan fingerprint density at radius 1 is 1.09 bits per heavy atom. The van der Waals surface area contributed by atoms with E-state index < -0.39 is 5.91 Å². The van der Waals surface area contributed by atoms with E-state index in [4.69, 9.17) is 16.3 Å². The first-order valence-electron chi connectivity index (χ1n) is 9.69. The van der Waals surface area contributed by atoms with Gasteiger partial charge < -0.3 is 4.74 Å². The summed E-state index contributed by atoms with van der Waals surface area (Å²) in [5.74, 6) is -0.162. The van der Waals surface area contributed by atoms with E-state index in [0.717, 1.165) is 11.1 Å². The van der Waals surface area contributed by atoms with Gasteiger partial charge in [-0.25, -0.2) is 9.82 Å². The molecule has 0 saturated heterocycles. The highest BCUT2D eigenvalue weighted by atomic mass is 35.5. The predicted molar refractivity (Wildman–Crippen MR) is 121 cm³/mol. The molecule has 6 nitrogen and oxygen atoms in total. The zero-order valence-electron chi connectivity index (χ0n) is 16.8. The predicted octanol–water partition coefficient (Wildman–Crippen LogP) is 5.21. The number of carbonyl (C=O) groups is 1. The molecule has 0 fully saturated rings. The van der Waals surface area contributed by atoms with Gasteiger partial charge in [-0.15, -0.1) is 0 Å². The number of nitrogens with one attached hydrogen (secondary N) is 2. The van der Waals surface area contributed by atoms with Crippen LogP contribution in [0.3, 0.4) is 0 Å². The lowest BCUT2D eigenvalue weighted by atomic mass is 10.1. The molecule has 32 heavy (non-hydrogen) atoms. The van der Waals surface area contributed by atoms with Gasteiger partial charge in [0.1, 0.15) is 23.9 Å². The van der Waals surface area contributed by atoms with Gasteiger partial charge in [-0.1, -0.05) is 48.0 Å². The van der Waals surface area contributed by atoms with Crippen LogP contribution in [0.1, 0.15) is 21.6 Å². The molecule has 4 rings (SSSR count). The van der Waals surface area contributed by atoms with Crippen LogP contribution in [-0.4, -0.2) is 22.3 Å². The molecule has 160 valence electrons. The van der Waals surface area contributed by atoms with Crippen molar-refractivity contribution >= 4 is 23.7 Å². The second-order valence-electron chi connectivity index (χ2n) is 6.83. The fraction of sp³-hybridized carbons (Fsp3) is 0.0417. The summed E-state index contributed by atoms with van der Waals surface area (Å²) in [5.41, 5.74) is 5.59. The average Bonchev–Trinajstić information content (AvgIpc) is 3.30. The van der Waals surface area contributed by atoms with Crippen LogP contribution in [0.2, 0.25) is 5.02 Å². The molecular formula is C24H18ClFN4O2. The SMILES string of the molecule is O=C(N/N=C\c1ccc(F)cc1)c1cc(-c2ccccc2OCc2ccc(Cl)cc2)n[nH]1. The Morgan fingerprint density at radius 2 is 1.84 bits per heavy atom. The van der Waals surface area contributed by atoms with Gasteiger partial charge in [-0.05, 0) is 53.6 Å². The van der Waals surface area contributed by atoms with Crippen molar-refractivity contribution in [1.82, 2.24) is 15.6 Å². The largest absolute Gasteiger partial charge is 0.488 e. The second-order valence-corrected chi connectivity index (χ2v) is 7.27. The highest BCUT2D eigenvalue weighted by Gasteiger charge is 2.14. The highest BCUT2D eigenvalue weighted by Crippen LogP contribution is 2.29. The molecule has 0 unspecified atom stereocenters. The van der Waals surface area contributed by atoms with Gasteiger partial charge in [0.15, 0.2) is 0 Å². The molecule has 0 aliphatic rings. The third-order valence-electron chi connectivity index (χ3n) is 4.54. The minimum Gasteiger partial charge on any atom is -0.488 e. The number of halogens is 2. The van der Waals surface area contributed by atoms with Crippen LogP contribution in [0.4, 0.5) is 4.39 Å². The number of para-hydroxylation sites is 1. The molecule has 1 amide bonds. The molecule has 4 aromatic rings. The Morgan fingerprint density at radius 3 is 2.62 bits per heavy atom. The molecule has 0 radical (unpaired) electrons. The summed E-state index contributed by atoms with van der Waals surface area (Å²) in [5, 5.41) is 11.5. The molecule has 2 N–H and O–H groups in total. The van der Waals surface area contributed by atoms with Crippen LogP contribution in [0, 0.1) is 5.82 Å². The number of nitrogens with zero attached hydrogens (tertiary/aromatic N) is 2. The van der Waals surface area contributed by atoms with Crippen molar-refractivity contribution in [2.24, 2.45) is 5.10 Å². The van der Waals surface area contributed by atoms with Crippen LogP contribution < -0.4 is 10.2 Å². The van der Waals surface area contributed by atoms with E-state index in [0.29, 0.717) is 28.6 Å². The van der Waals surface area contributed by atoms with Gasteiger partial charge in [-0.2, -0.15) is 10.2 Å². The van der Waals surface area contributed by atoms with Crippen molar-refractivity contribution in [1.29, 1.82) is 0 Å². The number of carbonyl (C=O) groups excluding carboxylic acids is 1. The fourth-order valence-electron chi connectivity index (χ4n) is 2.90. The number of rotatable bonds is 7. The molecule has 1 aromatic heterocycles. The maximum Gasteiger partial charge on any atom is 0.289 e. The monoisotopic (exact) mass is 448 g/mol. The zero-order valence-corrected chi connectivity index (χ0v) is 17.5. The highest BCUT2D eigenvalue weighted by molar-refractivity contribution is 6.30. The maximum absolute atomic E-state index is 12.9. The number of hydrogen-bond donors (Lipinski definition) is 2. The quantitative estimate of drug-likeness (QED) is 0.301. The van der Waals surface area contributed by atoms with Crippen molar-refractivity contribution in [2.75, 3.05) is 0 Å². The van der Waals surface area contributed by atoms with Gasteiger partial charge >= 0.3 is 0 Å². The molecule has 0 aliphatic carbocycles. The smallest absolute Gasteiger partial charge is 0.289 e. The minimum absolute atomic E-state index is 0.240. The van der Waals surface area contributed by atoms with E-state index in [1.807, 2.05) is 48.5 Å². The van der Waals surface area contributed by atoms with Crippen molar-refractivity contribution in [3.05, 3.63) is 107 Å². The first kappa shape index (κ1) is 21.3. The Kier molecular flexibility index (Phi) is 6.57. The third kappa shape index (κ3) is 5.39. The van der Waals surface area contributed by atoms with E-state index in [-0.39, 0.29) is 11.5 Å². The van der Waals surface area contributed by atoms with Gasteiger partial charge in [0.25, 0.3) is 5.91 Å². The van der Waals surface area contributed by atoms with Crippen molar-refractivity contribution in [2.45, 2.75) is 6.61 Å². The third-order valence-corrected chi connectivity index (χ3v) is 4.79. The summed E-state index contributed by atoms with van der Waals surface area (Å²) in [6.07, 6.45) is 1.43. The van der Waals surface area contributed by atoms with Crippen molar-refractivity contribution < 1.29 is 13.9 Å². The molecule has 0 spiro atoms. The Labute approximate surface area is 188 Å². The Hall–Kier alpha value is -3.97. The van der Waals surface area contributed by atoms with Crippen LogP contribution in [0.25, 0.3) is 11.3 Å². The first-order valence-corrected chi connectivity index (χ1v) is 10.1. The lowest BCUT2D eigenvalue weighted by Crippen LogP contribution is -2.17. The molecule has 8 heteroatoms. The number of ether oxygens (including phenoxy) is 1. The molecule has 3 aromatic carbocycles. The summed E-state index contributed by atoms with van der Waals surface area (Å²) < 4.78 is 18.9. The summed E-state index contributed by atoms with van der Waals surface area (Å²) in [6.45, 7) is 0.365. The standard InChI is InChI=1S/C24H18ClFN4O2/c25-18-9-5-17(6-10-18)15-32-23-4-2-1-3-20(23)21-13-22(29-28-21)24(31)30-27-14-16-7-11-19(26)12-8-16/h1-14H,15H2,(H,28,29)(H,30,31)/b27-14-. The lowest BCUT2D eigenvalue weighted by molar-refractivity contribution is 0.0950. The van der Waals surface area contributed by atoms with E-state index >= 15 is 0 Å². The topological polar surface area (TPSA) is 79.4 Å². The number of amides is 1. The van der Waals surface area contributed by atoms with Gasteiger partial charge in [0.2, 0.25) is 0 Å². The zero-order chi connectivity index (χ0) is 22.3. The van der Waals surface area contributed by atoms with Gasteiger partial charge in [-0.3, -0.25) is 9.89 Å². The Balaban J connectivity index is 1.43. The van der Waals surface area contributed by atoms with Crippen LogP contribution in [-0.2, 0) is 6.61 Å². The summed E-state index contributed by atoms with van der Waals surface area (Å²) in [4.78, 5) is 12.4. The molecule has 0 aliphatic heterocycles. The number of hydrogen-bond acceptors (Lipinski definition) is 4. The van der Waals surface area contributed by atoms with E-state index in [1.54, 1.807) is 18.2 Å². The molecule has 1 heterocycles. The van der Waals surface area contributed by atoms with E-state index in [1.165, 1.54) is 18.3 Å². The molecule has 0 atom stereocenters. The maximum atomic E-state index is 12.9. The average molecular weight is 449 g/mol. The van der Waals surface area contributed by atoms with Crippen LogP contribution in [0.15, 0.2) is 84.0 Å². The van der Waals surface area contributed by atoms with E-state index in [9.17, 15) is 9.18 Å². The number of hydrazone groups is 1. The van der Waals surface area contributed by atoms with Crippen molar-refractivity contribution in [3.8, 4) is 17.0 Å². The minimum atomic E-state index is -0.457. The molecule has 0 saturated carbocycles. The lowest BCUT2D eigenvalue weighted by Gasteiger charge is -2.10. The molecular weight excluding hydrogens is 431 g/mol. The summed E-state index contributed by atoms with van der Waals surface area (Å²) in [6, 6.07) is 22.2. The van der Waals surface area contributed by atoms with Crippen molar-refractivity contribution in [3.63, 3.8) is 0 Å². The number of aromatic nitrogens is 2.